The summed E-state index contributed by atoms with van der Waals surface area (Å²) >= 11 is 0. The summed E-state index contributed by atoms with van der Waals surface area (Å²) in [6.45, 7) is 9.82. The highest BCUT2D eigenvalue weighted by molar-refractivity contribution is 5.28. The normalized spacial score (nSPS) is 18.2. The molecule has 6 heteroatoms. The van der Waals surface area contributed by atoms with Crippen molar-refractivity contribution in [1.82, 2.24) is 19.8 Å². The molecule has 0 radical (unpaired) electrons. The number of hydrogen-bond donors (Lipinski definition) is 2. The number of piperazine rings is 1. The fourth-order valence-electron chi connectivity index (χ4n) is 2.18. The molecule has 1 aliphatic heterocycles. The highest BCUT2D eigenvalue weighted by atomic mass is 15.3. The number of nitrogen functional groups attached to an aromatic ring is 1. The van der Waals surface area contributed by atoms with Crippen molar-refractivity contribution >= 4 is 5.82 Å². The molecule has 2 rings (SSSR count). The molecule has 0 amide bonds. The van der Waals surface area contributed by atoms with Crippen molar-refractivity contribution in [1.29, 1.82) is 0 Å². The molecule has 0 spiro atoms. The average molecular weight is 250 g/mol. The first-order valence-corrected chi connectivity index (χ1v) is 6.43. The van der Waals surface area contributed by atoms with E-state index in [0.717, 1.165) is 38.4 Å². The summed E-state index contributed by atoms with van der Waals surface area (Å²) in [5, 5.41) is 0. The first-order valence-electron chi connectivity index (χ1n) is 6.43. The maximum absolute atomic E-state index is 5.26. The largest absolute Gasteiger partial charge is 0.307 e. The van der Waals surface area contributed by atoms with Crippen molar-refractivity contribution in [2.24, 2.45) is 5.84 Å². The van der Waals surface area contributed by atoms with Gasteiger partial charge in [0.15, 0.2) is 5.82 Å². The molecule has 0 bridgehead atoms. The minimum atomic E-state index is 0.600. The number of hydrogen-bond acceptors (Lipinski definition) is 6. The Bertz CT molecular complexity index is 355. The molecule has 6 nitrogen and oxygen atoms in total. The van der Waals surface area contributed by atoms with Crippen molar-refractivity contribution in [2.75, 3.05) is 31.6 Å². The number of nitrogens with two attached hydrogens (primary N) is 1. The smallest absolute Gasteiger partial charge is 0.158 e. The Kier molecular flexibility index (Phi) is 4.46. The number of aromatic nitrogens is 2. The quantitative estimate of drug-likeness (QED) is 0.591. The molecule has 2 heterocycles. The van der Waals surface area contributed by atoms with E-state index < -0.39 is 0 Å². The molecule has 1 fully saturated rings. The predicted molar refractivity (Wildman–Crippen MR) is 71.8 cm³/mol. The summed E-state index contributed by atoms with van der Waals surface area (Å²) in [4.78, 5) is 13.4. The van der Waals surface area contributed by atoms with E-state index in [1.54, 1.807) is 12.4 Å². The average Bonchev–Trinajstić information content (AvgIpc) is 2.40. The first kappa shape index (κ1) is 13.2. The maximum atomic E-state index is 5.26. The highest BCUT2D eigenvalue weighted by Crippen LogP contribution is 2.09. The van der Waals surface area contributed by atoms with E-state index in [2.05, 4.69) is 39.0 Å². The molecule has 18 heavy (non-hydrogen) atoms. The van der Waals surface area contributed by atoms with Gasteiger partial charge in [0.25, 0.3) is 0 Å². The first-order chi connectivity index (χ1) is 8.69. The lowest BCUT2D eigenvalue weighted by Gasteiger charge is -2.36. The van der Waals surface area contributed by atoms with Crippen molar-refractivity contribution in [3.8, 4) is 0 Å². The number of anilines is 1. The third-order valence-electron chi connectivity index (χ3n) is 3.38. The van der Waals surface area contributed by atoms with Crippen molar-refractivity contribution in [2.45, 2.75) is 26.4 Å². The lowest BCUT2D eigenvalue weighted by atomic mass is 10.2. The molecule has 1 aliphatic rings. The monoisotopic (exact) mass is 250 g/mol. The topological polar surface area (TPSA) is 70.3 Å². The molecule has 100 valence electrons. The van der Waals surface area contributed by atoms with Gasteiger partial charge in [-0.1, -0.05) is 0 Å². The van der Waals surface area contributed by atoms with Gasteiger partial charge in [0.05, 0.1) is 18.1 Å². The summed E-state index contributed by atoms with van der Waals surface area (Å²) < 4.78 is 0. The summed E-state index contributed by atoms with van der Waals surface area (Å²) in [5.74, 6) is 5.86. The van der Waals surface area contributed by atoms with Gasteiger partial charge in [-0.25, -0.2) is 10.8 Å². The van der Waals surface area contributed by atoms with Crippen LogP contribution in [0.25, 0.3) is 0 Å². The van der Waals surface area contributed by atoms with Crippen LogP contribution in [-0.2, 0) is 6.54 Å². The molecule has 1 aromatic rings. The zero-order valence-electron chi connectivity index (χ0n) is 11.1. The van der Waals surface area contributed by atoms with Crippen LogP contribution in [0, 0.1) is 0 Å². The lowest BCUT2D eigenvalue weighted by molar-refractivity contribution is 0.103. The van der Waals surface area contributed by atoms with E-state index in [0.29, 0.717) is 11.9 Å². The SMILES string of the molecule is CC(C)N1CCN(Cc2cnc(NN)cn2)CC1. The molecule has 0 unspecified atom stereocenters. The predicted octanol–water partition coefficient (Wildman–Crippen LogP) is 0.288. The summed E-state index contributed by atoms with van der Waals surface area (Å²) in [6.07, 6.45) is 3.45. The van der Waals surface area contributed by atoms with Crippen molar-refractivity contribution < 1.29 is 0 Å². The Hall–Kier alpha value is -1.24. The van der Waals surface area contributed by atoms with Crippen LogP contribution in [-0.4, -0.2) is 52.0 Å². The van der Waals surface area contributed by atoms with Crippen LogP contribution in [0.15, 0.2) is 12.4 Å². The van der Waals surface area contributed by atoms with Gasteiger partial charge >= 0.3 is 0 Å². The molecular formula is C12H22N6. The minimum absolute atomic E-state index is 0.600. The van der Waals surface area contributed by atoms with Gasteiger partial charge < -0.3 is 5.43 Å². The summed E-state index contributed by atoms with van der Waals surface area (Å²) in [5.41, 5.74) is 3.47. The van der Waals surface area contributed by atoms with Gasteiger partial charge in [-0.05, 0) is 13.8 Å². The second-order valence-corrected chi connectivity index (χ2v) is 4.94. The fraction of sp³-hybridized carbons (Fsp3) is 0.667. The number of rotatable bonds is 4. The van der Waals surface area contributed by atoms with E-state index >= 15 is 0 Å². The third-order valence-corrected chi connectivity index (χ3v) is 3.38. The van der Waals surface area contributed by atoms with Crippen LogP contribution in [0.4, 0.5) is 5.82 Å². The van der Waals surface area contributed by atoms with Gasteiger partial charge in [0, 0.05) is 38.8 Å². The van der Waals surface area contributed by atoms with Crippen LogP contribution < -0.4 is 11.3 Å². The molecule has 0 aromatic carbocycles. The summed E-state index contributed by atoms with van der Waals surface area (Å²) in [7, 11) is 0. The van der Waals surface area contributed by atoms with Crippen molar-refractivity contribution in [3.05, 3.63) is 18.1 Å². The van der Waals surface area contributed by atoms with Crippen LogP contribution in [0.2, 0.25) is 0 Å². The fourth-order valence-corrected chi connectivity index (χ4v) is 2.18. The van der Waals surface area contributed by atoms with Gasteiger partial charge in [0.1, 0.15) is 0 Å². The minimum Gasteiger partial charge on any atom is -0.307 e. The van der Waals surface area contributed by atoms with E-state index in [1.165, 1.54) is 0 Å². The van der Waals surface area contributed by atoms with Crippen LogP contribution in [0.1, 0.15) is 19.5 Å². The lowest BCUT2D eigenvalue weighted by Crippen LogP contribution is -2.48. The second-order valence-electron chi connectivity index (χ2n) is 4.94. The van der Waals surface area contributed by atoms with Gasteiger partial charge in [0.2, 0.25) is 0 Å². The molecule has 0 atom stereocenters. The number of nitrogens with zero attached hydrogens (tertiary/aromatic N) is 4. The van der Waals surface area contributed by atoms with E-state index in [-0.39, 0.29) is 0 Å². The number of hydrazine groups is 1. The van der Waals surface area contributed by atoms with Crippen molar-refractivity contribution in [3.63, 3.8) is 0 Å². The van der Waals surface area contributed by atoms with Crippen LogP contribution >= 0.6 is 0 Å². The zero-order chi connectivity index (χ0) is 13.0. The Labute approximate surface area is 108 Å². The highest BCUT2D eigenvalue weighted by Gasteiger charge is 2.18. The van der Waals surface area contributed by atoms with E-state index in [1.807, 2.05) is 0 Å². The van der Waals surface area contributed by atoms with E-state index in [9.17, 15) is 0 Å². The van der Waals surface area contributed by atoms with Gasteiger partial charge in [-0.15, -0.1) is 0 Å². The molecule has 0 aliphatic carbocycles. The third kappa shape index (κ3) is 3.38. The standard InChI is InChI=1S/C12H22N6/c1-10(2)18-5-3-17(4-6-18)9-11-7-15-12(16-13)8-14-11/h7-8,10H,3-6,9,13H2,1-2H3,(H,15,16). The number of nitrogens with one attached hydrogen (secondary N) is 1. The molecule has 1 saturated heterocycles. The molecule has 1 aromatic heterocycles. The zero-order valence-corrected chi connectivity index (χ0v) is 11.1. The Morgan fingerprint density at radius 2 is 1.94 bits per heavy atom. The second kappa shape index (κ2) is 6.08. The Balaban J connectivity index is 1.83. The Morgan fingerprint density at radius 3 is 2.44 bits per heavy atom. The van der Waals surface area contributed by atoms with Crippen LogP contribution in [0.5, 0.6) is 0 Å². The van der Waals surface area contributed by atoms with Gasteiger partial charge in [-0.2, -0.15) is 0 Å². The Morgan fingerprint density at radius 1 is 1.22 bits per heavy atom. The molecule has 3 N–H and O–H groups in total. The molecule has 0 saturated carbocycles. The van der Waals surface area contributed by atoms with E-state index in [4.69, 9.17) is 5.84 Å². The van der Waals surface area contributed by atoms with Gasteiger partial charge in [-0.3, -0.25) is 14.8 Å². The maximum Gasteiger partial charge on any atom is 0.158 e. The molecular weight excluding hydrogens is 228 g/mol. The summed E-state index contributed by atoms with van der Waals surface area (Å²) in [6, 6.07) is 0.641. The van der Waals surface area contributed by atoms with Crippen LogP contribution in [0.3, 0.4) is 0 Å².